The number of pyridine rings is 1. The Morgan fingerprint density at radius 1 is 1.48 bits per heavy atom. The van der Waals surface area contributed by atoms with E-state index >= 15 is 0 Å². The third kappa shape index (κ3) is 3.63. The van der Waals surface area contributed by atoms with E-state index in [1.54, 1.807) is 12.3 Å². The summed E-state index contributed by atoms with van der Waals surface area (Å²) in [7, 11) is 0. The molecule has 0 unspecified atom stereocenters. The first kappa shape index (κ1) is 15.6. The molecular weight excluding hydrogens is 303 g/mol. The van der Waals surface area contributed by atoms with Crippen molar-refractivity contribution in [2.75, 3.05) is 12.3 Å². The van der Waals surface area contributed by atoms with Crippen LogP contribution in [0.2, 0.25) is 0 Å². The van der Waals surface area contributed by atoms with Crippen molar-refractivity contribution >= 4 is 33.1 Å². The van der Waals surface area contributed by atoms with Gasteiger partial charge in [-0.3, -0.25) is 4.79 Å². The van der Waals surface area contributed by atoms with Gasteiger partial charge in [-0.25, -0.2) is 4.98 Å². The molecule has 114 valence electrons. The summed E-state index contributed by atoms with van der Waals surface area (Å²) in [5.41, 5.74) is 7.18. The number of rotatable bonds is 4. The average molecular weight is 317 g/mol. The zero-order chi connectivity index (χ0) is 15.6. The number of thiophene rings is 1. The first-order valence-corrected chi connectivity index (χ1v) is 7.10. The molecule has 0 atom stereocenters. The van der Waals surface area contributed by atoms with Crippen molar-refractivity contribution in [3.8, 4) is 0 Å². The Morgan fingerprint density at radius 2 is 2.19 bits per heavy atom. The molecule has 0 spiro atoms. The number of nitrogens with two attached hydrogens (primary N) is 1. The van der Waals surface area contributed by atoms with Crippen LogP contribution in [-0.4, -0.2) is 23.6 Å². The lowest BCUT2D eigenvalue weighted by molar-refractivity contribution is -0.135. The monoisotopic (exact) mass is 317 g/mol. The topological polar surface area (TPSA) is 68.0 Å². The molecule has 2 rings (SSSR count). The highest BCUT2D eigenvalue weighted by atomic mass is 32.1. The summed E-state index contributed by atoms with van der Waals surface area (Å²) in [5.74, 6) is -0.461. The number of carbonyl (C=O) groups excluding carboxylic acids is 1. The fraction of sp³-hybridized carbons (Fsp3) is 0.385. The summed E-state index contributed by atoms with van der Waals surface area (Å²) in [5, 5.41) is 3.18. The summed E-state index contributed by atoms with van der Waals surface area (Å²) in [6.45, 7) is 1.82. The number of alkyl halides is 3. The number of anilines is 1. The zero-order valence-electron chi connectivity index (χ0n) is 11.3. The van der Waals surface area contributed by atoms with E-state index in [9.17, 15) is 18.0 Å². The summed E-state index contributed by atoms with van der Waals surface area (Å²) >= 11 is 1.14. The molecule has 0 aliphatic carbocycles. The van der Waals surface area contributed by atoms with Gasteiger partial charge in [-0.1, -0.05) is 0 Å². The van der Waals surface area contributed by atoms with E-state index in [0.717, 1.165) is 22.3 Å². The maximum absolute atomic E-state index is 12.0. The Balaban J connectivity index is 2.07. The number of carbonyl (C=O) groups is 1. The first-order valence-electron chi connectivity index (χ1n) is 6.28. The highest BCUT2D eigenvalue weighted by Crippen LogP contribution is 2.34. The molecule has 0 aliphatic rings. The number of halogens is 3. The lowest BCUT2D eigenvalue weighted by Gasteiger charge is -2.07. The summed E-state index contributed by atoms with van der Waals surface area (Å²) in [6.07, 6.45) is -3.66. The van der Waals surface area contributed by atoms with Crippen LogP contribution in [0.5, 0.6) is 0 Å². The molecule has 0 bridgehead atoms. The number of nitrogen functional groups attached to an aromatic ring is 1. The second kappa shape index (κ2) is 5.88. The number of hydrogen-bond acceptors (Lipinski definition) is 4. The van der Waals surface area contributed by atoms with Gasteiger partial charge >= 0.3 is 6.18 Å². The number of fused-ring (bicyclic) bond motifs is 1. The van der Waals surface area contributed by atoms with Gasteiger partial charge in [-0.05, 0) is 25.0 Å². The maximum Gasteiger partial charge on any atom is 0.389 e. The molecule has 0 radical (unpaired) electrons. The van der Waals surface area contributed by atoms with Crippen LogP contribution in [0.4, 0.5) is 18.9 Å². The van der Waals surface area contributed by atoms with Gasteiger partial charge in [0.15, 0.2) is 0 Å². The van der Waals surface area contributed by atoms with E-state index in [1.165, 1.54) is 0 Å². The molecule has 2 heterocycles. The van der Waals surface area contributed by atoms with Gasteiger partial charge in [0.05, 0.1) is 5.69 Å². The van der Waals surface area contributed by atoms with E-state index in [1.807, 2.05) is 6.92 Å². The third-order valence-electron chi connectivity index (χ3n) is 2.97. The van der Waals surface area contributed by atoms with Crippen LogP contribution in [0, 0.1) is 6.92 Å². The number of nitrogens with one attached hydrogen (secondary N) is 1. The fourth-order valence-electron chi connectivity index (χ4n) is 1.94. The van der Waals surface area contributed by atoms with Crippen LogP contribution in [0.3, 0.4) is 0 Å². The molecule has 2 aromatic heterocycles. The molecule has 2 aromatic rings. The van der Waals surface area contributed by atoms with Crippen molar-refractivity contribution in [2.45, 2.75) is 25.9 Å². The van der Waals surface area contributed by atoms with Gasteiger partial charge in [0.1, 0.15) is 9.71 Å². The molecule has 21 heavy (non-hydrogen) atoms. The minimum absolute atomic E-state index is 0.0432. The highest BCUT2D eigenvalue weighted by Gasteiger charge is 2.26. The molecule has 8 heteroatoms. The minimum Gasteiger partial charge on any atom is -0.397 e. The molecule has 4 nitrogen and oxygen atoms in total. The number of nitrogens with zero attached hydrogens (tertiary/aromatic N) is 1. The standard InChI is InChI=1S/C13H14F3N3OS/c1-7-3-6-19-12-8(7)9(17)10(21-12)11(20)18-5-2-4-13(14,15)16/h3,6H,2,4-5,17H2,1H3,(H,18,20). The van der Waals surface area contributed by atoms with Crippen LogP contribution in [0.1, 0.15) is 28.1 Å². The number of aromatic nitrogens is 1. The van der Waals surface area contributed by atoms with Gasteiger partial charge in [-0.15, -0.1) is 11.3 Å². The van der Waals surface area contributed by atoms with E-state index in [0.29, 0.717) is 15.4 Å². The predicted octanol–water partition coefficient (Wildman–Crippen LogP) is 3.26. The van der Waals surface area contributed by atoms with Gasteiger partial charge in [-0.2, -0.15) is 13.2 Å². The van der Waals surface area contributed by atoms with Gasteiger partial charge < -0.3 is 11.1 Å². The van der Waals surface area contributed by atoms with Crippen LogP contribution < -0.4 is 11.1 Å². The van der Waals surface area contributed by atoms with Crippen LogP contribution in [0.15, 0.2) is 12.3 Å². The Morgan fingerprint density at radius 3 is 2.81 bits per heavy atom. The summed E-state index contributed by atoms with van der Waals surface area (Å²) < 4.78 is 36.0. The molecule has 0 saturated heterocycles. The smallest absolute Gasteiger partial charge is 0.389 e. The average Bonchev–Trinajstić information content (AvgIpc) is 2.72. The van der Waals surface area contributed by atoms with Crippen molar-refractivity contribution in [3.63, 3.8) is 0 Å². The van der Waals surface area contributed by atoms with Crippen LogP contribution in [-0.2, 0) is 0 Å². The predicted molar refractivity (Wildman–Crippen MR) is 76.4 cm³/mol. The number of hydrogen-bond donors (Lipinski definition) is 2. The van der Waals surface area contributed by atoms with Gasteiger partial charge in [0.2, 0.25) is 0 Å². The molecule has 0 aromatic carbocycles. The lowest BCUT2D eigenvalue weighted by atomic mass is 10.2. The fourth-order valence-corrected chi connectivity index (χ4v) is 3.00. The Labute approximate surface area is 123 Å². The summed E-state index contributed by atoms with van der Waals surface area (Å²) in [4.78, 5) is 17.1. The molecule has 0 saturated carbocycles. The Hall–Kier alpha value is -1.83. The van der Waals surface area contributed by atoms with Crippen LogP contribution >= 0.6 is 11.3 Å². The number of aryl methyl sites for hydroxylation is 1. The molecule has 3 N–H and O–H groups in total. The normalized spacial score (nSPS) is 11.8. The van der Waals surface area contributed by atoms with Crippen molar-refractivity contribution < 1.29 is 18.0 Å². The van der Waals surface area contributed by atoms with Crippen molar-refractivity contribution in [1.82, 2.24) is 10.3 Å². The quantitative estimate of drug-likeness (QED) is 0.851. The lowest BCUT2D eigenvalue weighted by Crippen LogP contribution is -2.25. The largest absolute Gasteiger partial charge is 0.397 e. The Bertz CT molecular complexity index is 666. The van der Waals surface area contributed by atoms with Gasteiger partial charge in [0.25, 0.3) is 5.91 Å². The zero-order valence-corrected chi connectivity index (χ0v) is 12.1. The van der Waals surface area contributed by atoms with Crippen molar-refractivity contribution in [1.29, 1.82) is 0 Å². The second-order valence-corrected chi connectivity index (χ2v) is 5.63. The molecule has 0 aliphatic heterocycles. The summed E-state index contributed by atoms with van der Waals surface area (Å²) in [6, 6.07) is 1.79. The molecule has 1 amide bonds. The van der Waals surface area contributed by atoms with Crippen LogP contribution in [0.25, 0.3) is 10.2 Å². The van der Waals surface area contributed by atoms with E-state index < -0.39 is 18.5 Å². The SMILES string of the molecule is Cc1ccnc2sc(C(=O)NCCCC(F)(F)F)c(N)c12. The number of amides is 1. The second-order valence-electron chi connectivity index (χ2n) is 4.63. The van der Waals surface area contributed by atoms with E-state index in [-0.39, 0.29) is 13.0 Å². The van der Waals surface area contributed by atoms with E-state index in [4.69, 9.17) is 5.73 Å². The van der Waals surface area contributed by atoms with Crippen molar-refractivity contribution in [3.05, 3.63) is 22.7 Å². The highest BCUT2D eigenvalue weighted by molar-refractivity contribution is 7.21. The minimum atomic E-state index is -4.21. The van der Waals surface area contributed by atoms with E-state index in [2.05, 4.69) is 10.3 Å². The van der Waals surface area contributed by atoms with Crippen molar-refractivity contribution in [2.24, 2.45) is 0 Å². The molecule has 0 fully saturated rings. The molecular formula is C13H14F3N3OS. The Kier molecular flexibility index (Phi) is 4.36. The first-order chi connectivity index (χ1) is 9.79. The van der Waals surface area contributed by atoms with Gasteiger partial charge in [0, 0.05) is 24.5 Å². The maximum atomic E-state index is 12.0. The third-order valence-corrected chi connectivity index (χ3v) is 4.08.